The van der Waals surface area contributed by atoms with E-state index in [0.29, 0.717) is 11.7 Å². The maximum Gasteiger partial charge on any atom is 0.289 e. The first-order valence-electron chi connectivity index (χ1n) is 8.75. The Balaban J connectivity index is 1.28. The van der Waals surface area contributed by atoms with Crippen molar-refractivity contribution < 1.29 is 13.9 Å². The monoisotopic (exact) mass is 326 g/mol. The minimum absolute atomic E-state index is 0.123. The first kappa shape index (κ1) is 15.2. The van der Waals surface area contributed by atoms with Crippen LogP contribution in [0.15, 0.2) is 41.1 Å². The van der Waals surface area contributed by atoms with Crippen LogP contribution in [0, 0.1) is 0 Å². The molecule has 1 aromatic heterocycles. The predicted molar refractivity (Wildman–Crippen MR) is 89.1 cm³/mol. The third-order valence-corrected chi connectivity index (χ3v) is 4.82. The van der Waals surface area contributed by atoms with Gasteiger partial charge < -0.3 is 14.5 Å². The topological polar surface area (TPSA) is 64.4 Å². The smallest absolute Gasteiger partial charge is 0.289 e. The predicted octanol–water partition coefficient (Wildman–Crippen LogP) is 3.67. The van der Waals surface area contributed by atoms with E-state index in [0.717, 1.165) is 50.0 Å². The number of nitrogens with one attached hydrogen (secondary N) is 1. The van der Waals surface area contributed by atoms with E-state index < -0.39 is 0 Å². The van der Waals surface area contributed by atoms with Crippen LogP contribution in [-0.4, -0.2) is 23.0 Å². The van der Waals surface area contributed by atoms with E-state index in [4.69, 9.17) is 9.15 Å². The number of nitrogens with zero attached hydrogens (tertiary/aromatic N) is 1. The van der Waals surface area contributed by atoms with Crippen molar-refractivity contribution in [1.82, 2.24) is 10.3 Å². The lowest BCUT2D eigenvalue weighted by Gasteiger charge is -2.29. The van der Waals surface area contributed by atoms with Crippen molar-refractivity contribution in [3.63, 3.8) is 0 Å². The van der Waals surface area contributed by atoms with E-state index >= 15 is 0 Å². The van der Waals surface area contributed by atoms with Gasteiger partial charge in [-0.15, -0.1) is 0 Å². The van der Waals surface area contributed by atoms with E-state index in [1.165, 1.54) is 6.39 Å². The SMILES string of the molecule is O=C(NC1CCC(Oc2ccccc2)CC1)c1ocnc1C1CC1. The molecule has 1 N–H and O–H groups in total. The quantitative estimate of drug-likeness (QED) is 0.910. The van der Waals surface area contributed by atoms with Crippen molar-refractivity contribution in [3.8, 4) is 5.75 Å². The number of ether oxygens (including phenoxy) is 1. The minimum Gasteiger partial charge on any atom is -0.490 e. The van der Waals surface area contributed by atoms with Gasteiger partial charge in [0.15, 0.2) is 6.39 Å². The van der Waals surface area contributed by atoms with Crippen molar-refractivity contribution in [2.24, 2.45) is 0 Å². The molecule has 0 aliphatic heterocycles. The molecule has 126 valence electrons. The third kappa shape index (κ3) is 3.45. The molecule has 0 spiro atoms. The molecule has 0 atom stereocenters. The molecule has 2 aliphatic rings. The minimum atomic E-state index is -0.123. The molecule has 5 heteroatoms. The number of rotatable bonds is 5. The van der Waals surface area contributed by atoms with Crippen LogP contribution in [-0.2, 0) is 0 Å². The molecule has 5 nitrogen and oxygen atoms in total. The molecule has 2 fully saturated rings. The highest BCUT2D eigenvalue weighted by molar-refractivity contribution is 5.92. The Morgan fingerprint density at radius 1 is 1.08 bits per heavy atom. The van der Waals surface area contributed by atoms with Crippen molar-refractivity contribution in [2.45, 2.75) is 56.6 Å². The van der Waals surface area contributed by atoms with Gasteiger partial charge in [-0.25, -0.2) is 4.98 Å². The van der Waals surface area contributed by atoms with Crippen molar-refractivity contribution in [3.05, 3.63) is 48.2 Å². The van der Waals surface area contributed by atoms with Gasteiger partial charge >= 0.3 is 0 Å². The van der Waals surface area contributed by atoms with Gasteiger partial charge in [0.1, 0.15) is 5.75 Å². The highest BCUT2D eigenvalue weighted by atomic mass is 16.5. The first-order valence-corrected chi connectivity index (χ1v) is 8.75. The van der Waals surface area contributed by atoms with Gasteiger partial charge in [-0.05, 0) is 50.7 Å². The number of para-hydroxylation sites is 1. The van der Waals surface area contributed by atoms with E-state index in [1.54, 1.807) is 0 Å². The molecule has 24 heavy (non-hydrogen) atoms. The molecule has 2 saturated carbocycles. The molecule has 2 aliphatic carbocycles. The number of hydrogen-bond donors (Lipinski definition) is 1. The Kier molecular flexibility index (Phi) is 4.24. The number of oxazole rings is 1. The number of hydrogen-bond acceptors (Lipinski definition) is 4. The van der Waals surface area contributed by atoms with E-state index in [2.05, 4.69) is 10.3 Å². The van der Waals surface area contributed by atoms with Crippen LogP contribution >= 0.6 is 0 Å². The second-order valence-corrected chi connectivity index (χ2v) is 6.72. The van der Waals surface area contributed by atoms with Crippen LogP contribution in [0.5, 0.6) is 5.75 Å². The molecule has 0 saturated heterocycles. The molecule has 2 aromatic rings. The molecule has 0 radical (unpaired) electrons. The molecule has 0 unspecified atom stereocenters. The van der Waals surface area contributed by atoms with Crippen LogP contribution in [0.4, 0.5) is 0 Å². The van der Waals surface area contributed by atoms with Gasteiger partial charge in [0, 0.05) is 12.0 Å². The summed E-state index contributed by atoms with van der Waals surface area (Å²) in [6.45, 7) is 0. The van der Waals surface area contributed by atoms with Crippen molar-refractivity contribution >= 4 is 5.91 Å². The van der Waals surface area contributed by atoms with E-state index in [-0.39, 0.29) is 18.1 Å². The Labute approximate surface area is 141 Å². The number of carbonyl (C=O) groups excluding carboxylic acids is 1. The summed E-state index contributed by atoms with van der Waals surface area (Å²) >= 11 is 0. The normalized spacial score (nSPS) is 23.7. The standard InChI is InChI=1S/C19H22N2O3/c22-19(18-17(13-6-7-13)20-12-23-18)21-14-8-10-16(11-9-14)24-15-4-2-1-3-5-15/h1-5,12-14,16H,6-11H2,(H,21,22). The zero-order valence-corrected chi connectivity index (χ0v) is 13.6. The number of carbonyl (C=O) groups is 1. The zero-order valence-electron chi connectivity index (χ0n) is 13.6. The molecular formula is C19H22N2O3. The average molecular weight is 326 g/mol. The van der Waals surface area contributed by atoms with Crippen LogP contribution in [0.1, 0.15) is 60.7 Å². The van der Waals surface area contributed by atoms with Gasteiger partial charge in [-0.2, -0.15) is 0 Å². The lowest BCUT2D eigenvalue weighted by atomic mass is 9.92. The summed E-state index contributed by atoms with van der Waals surface area (Å²) in [6.07, 6.45) is 7.58. The molecule has 1 heterocycles. The Morgan fingerprint density at radius 3 is 2.54 bits per heavy atom. The highest BCUT2D eigenvalue weighted by Gasteiger charge is 2.33. The van der Waals surface area contributed by atoms with Crippen LogP contribution in [0.2, 0.25) is 0 Å². The average Bonchev–Trinajstić information content (AvgIpc) is 3.34. The molecule has 1 aromatic carbocycles. The van der Waals surface area contributed by atoms with Crippen molar-refractivity contribution in [1.29, 1.82) is 0 Å². The van der Waals surface area contributed by atoms with Gasteiger partial charge in [0.2, 0.25) is 5.76 Å². The highest BCUT2D eigenvalue weighted by Crippen LogP contribution is 2.40. The summed E-state index contributed by atoms with van der Waals surface area (Å²) < 4.78 is 11.3. The summed E-state index contributed by atoms with van der Waals surface area (Å²) in [5.74, 6) is 1.61. The van der Waals surface area contributed by atoms with E-state index in [9.17, 15) is 4.79 Å². The fourth-order valence-corrected chi connectivity index (χ4v) is 3.34. The van der Waals surface area contributed by atoms with Gasteiger partial charge in [0.25, 0.3) is 5.91 Å². The van der Waals surface area contributed by atoms with E-state index in [1.807, 2.05) is 30.3 Å². The summed E-state index contributed by atoms with van der Waals surface area (Å²) in [5, 5.41) is 3.10. The zero-order chi connectivity index (χ0) is 16.4. The third-order valence-electron chi connectivity index (χ3n) is 4.82. The second-order valence-electron chi connectivity index (χ2n) is 6.72. The van der Waals surface area contributed by atoms with Gasteiger partial charge in [-0.3, -0.25) is 4.79 Å². The Morgan fingerprint density at radius 2 is 1.83 bits per heavy atom. The molecule has 4 rings (SSSR count). The summed E-state index contributed by atoms with van der Waals surface area (Å²) in [4.78, 5) is 16.6. The maximum atomic E-state index is 12.4. The summed E-state index contributed by atoms with van der Waals surface area (Å²) in [5.41, 5.74) is 0.827. The Hall–Kier alpha value is -2.30. The maximum absolute atomic E-state index is 12.4. The molecular weight excluding hydrogens is 304 g/mol. The fourth-order valence-electron chi connectivity index (χ4n) is 3.34. The fraction of sp³-hybridized carbons (Fsp3) is 0.474. The molecule has 0 bridgehead atoms. The number of amides is 1. The number of benzene rings is 1. The summed E-state index contributed by atoms with van der Waals surface area (Å²) in [6, 6.07) is 10.1. The second kappa shape index (κ2) is 6.67. The van der Waals surface area contributed by atoms with Gasteiger partial charge in [0.05, 0.1) is 11.8 Å². The van der Waals surface area contributed by atoms with Crippen LogP contribution in [0.25, 0.3) is 0 Å². The van der Waals surface area contributed by atoms with Crippen LogP contribution in [0.3, 0.4) is 0 Å². The first-order chi connectivity index (χ1) is 11.8. The van der Waals surface area contributed by atoms with Crippen LogP contribution < -0.4 is 10.1 Å². The molecule has 1 amide bonds. The summed E-state index contributed by atoms with van der Waals surface area (Å²) in [7, 11) is 0. The largest absolute Gasteiger partial charge is 0.490 e. The number of aromatic nitrogens is 1. The lowest BCUT2D eigenvalue weighted by Crippen LogP contribution is -2.39. The Bertz CT molecular complexity index is 686. The van der Waals surface area contributed by atoms with Gasteiger partial charge in [-0.1, -0.05) is 18.2 Å². The van der Waals surface area contributed by atoms with Crippen molar-refractivity contribution in [2.75, 3.05) is 0 Å². The lowest BCUT2D eigenvalue weighted by molar-refractivity contribution is 0.0865.